The Morgan fingerprint density at radius 2 is 1.86 bits per heavy atom. The van der Waals surface area contributed by atoms with Gasteiger partial charge in [-0.1, -0.05) is 0 Å². The van der Waals surface area contributed by atoms with E-state index >= 15 is 0 Å². The number of sulfone groups is 1. The Bertz CT molecular complexity index is 597. The maximum absolute atomic E-state index is 12.3. The molecule has 2 N–H and O–H groups in total. The fraction of sp³-hybridized carbons (Fsp3) is 0.364. The Balaban J connectivity index is 2.96. The highest BCUT2D eigenvalue weighted by atomic mass is 32.2. The van der Waals surface area contributed by atoms with Crippen LogP contribution in [0, 0.1) is 0 Å². The zero-order chi connectivity index (χ0) is 16.3. The standard InChI is InChI=1S/C11H12F3NO5S/c1-20-10(17)9(6-16)15-7-2-4-8(5-3-7)21(18,19)11(12,13)14/h2-5,9,15-16H,6H2,1H3. The molecule has 0 radical (unpaired) electrons. The highest BCUT2D eigenvalue weighted by Gasteiger charge is 2.46. The summed E-state index contributed by atoms with van der Waals surface area (Å²) >= 11 is 0. The van der Waals surface area contributed by atoms with Crippen LogP contribution in [0.15, 0.2) is 29.2 Å². The van der Waals surface area contributed by atoms with Crippen LogP contribution in [0.2, 0.25) is 0 Å². The van der Waals surface area contributed by atoms with Crippen molar-refractivity contribution in [1.82, 2.24) is 0 Å². The van der Waals surface area contributed by atoms with Crippen LogP contribution in [0.25, 0.3) is 0 Å². The van der Waals surface area contributed by atoms with Crippen molar-refractivity contribution in [3.8, 4) is 0 Å². The molecule has 0 saturated carbocycles. The molecule has 0 heterocycles. The lowest BCUT2D eigenvalue weighted by Crippen LogP contribution is -2.34. The molecule has 21 heavy (non-hydrogen) atoms. The molecule has 0 fully saturated rings. The van der Waals surface area contributed by atoms with E-state index in [1.54, 1.807) is 0 Å². The van der Waals surface area contributed by atoms with E-state index in [0.29, 0.717) is 0 Å². The number of aliphatic hydroxyl groups is 1. The molecule has 0 aliphatic rings. The average Bonchev–Trinajstić information content (AvgIpc) is 2.43. The summed E-state index contributed by atoms with van der Waals surface area (Å²) < 4.78 is 63.7. The van der Waals surface area contributed by atoms with Gasteiger partial charge in [0, 0.05) is 5.69 Å². The minimum absolute atomic E-state index is 0.153. The summed E-state index contributed by atoms with van der Waals surface area (Å²) in [6.07, 6.45) is 0. The smallest absolute Gasteiger partial charge is 0.467 e. The molecule has 10 heteroatoms. The number of hydrogen-bond acceptors (Lipinski definition) is 6. The molecule has 0 aliphatic carbocycles. The number of alkyl halides is 3. The molecule has 1 unspecified atom stereocenters. The minimum atomic E-state index is -5.42. The van der Waals surface area contributed by atoms with Crippen LogP contribution in [0.5, 0.6) is 0 Å². The Morgan fingerprint density at radius 3 is 2.24 bits per heavy atom. The second-order valence-electron chi connectivity index (χ2n) is 3.88. The van der Waals surface area contributed by atoms with Crippen molar-refractivity contribution in [1.29, 1.82) is 0 Å². The summed E-state index contributed by atoms with van der Waals surface area (Å²) in [5.41, 5.74) is -5.23. The number of halogens is 3. The number of nitrogens with one attached hydrogen (secondary N) is 1. The van der Waals surface area contributed by atoms with Gasteiger partial charge in [0.05, 0.1) is 18.6 Å². The van der Waals surface area contributed by atoms with Crippen LogP contribution in [0.3, 0.4) is 0 Å². The van der Waals surface area contributed by atoms with E-state index in [9.17, 15) is 26.4 Å². The molecule has 1 rings (SSSR count). The summed E-state index contributed by atoms with van der Waals surface area (Å²) in [4.78, 5) is 10.3. The normalized spacial score (nSPS) is 13.6. The van der Waals surface area contributed by atoms with Gasteiger partial charge in [0.1, 0.15) is 6.04 Å². The number of esters is 1. The second-order valence-corrected chi connectivity index (χ2v) is 5.82. The molecular weight excluding hydrogens is 315 g/mol. The van der Waals surface area contributed by atoms with Gasteiger partial charge in [-0.25, -0.2) is 13.2 Å². The molecule has 0 saturated heterocycles. The van der Waals surface area contributed by atoms with Gasteiger partial charge in [-0.3, -0.25) is 0 Å². The summed E-state index contributed by atoms with van der Waals surface area (Å²) in [6.45, 7) is -0.602. The third-order valence-corrected chi connectivity index (χ3v) is 3.98. The van der Waals surface area contributed by atoms with Crippen molar-refractivity contribution in [2.24, 2.45) is 0 Å². The first-order valence-electron chi connectivity index (χ1n) is 5.50. The van der Waals surface area contributed by atoms with Crippen molar-refractivity contribution < 1.29 is 36.2 Å². The first kappa shape index (κ1) is 17.2. The van der Waals surface area contributed by atoms with E-state index < -0.39 is 38.9 Å². The first-order chi connectivity index (χ1) is 9.63. The zero-order valence-electron chi connectivity index (χ0n) is 10.7. The highest BCUT2D eigenvalue weighted by molar-refractivity contribution is 7.92. The number of hydrogen-bond donors (Lipinski definition) is 2. The first-order valence-corrected chi connectivity index (χ1v) is 6.98. The fourth-order valence-electron chi connectivity index (χ4n) is 1.39. The molecule has 0 bridgehead atoms. The number of benzene rings is 1. The molecule has 6 nitrogen and oxygen atoms in total. The molecule has 0 aromatic heterocycles. The van der Waals surface area contributed by atoms with Gasteiger partial charge in [-0.05, 0) is 24.3 Å². The van der Waals surface area contributed by atoms with Gasteiger partial charge in [0.15, 0.2) is 0 Å². The number of anilines is 1. The van der Waals surface area contributed by atoms with E-state index in [2.05, 4.69) is 10.1 Å². The Hall–Kier alpha value is -1.81. The average molecular weight is 327 g/mol. The third-order valence-electron chi connectivity index (χ3n) is 2.48. The largest absolute Gasteiger partial charge is 0.501 e. The van der Waals surface area contributed by atoms with E-state index in [0.717, 1.165) is 31.4 Å². The van der Waals surface area contributed by atoms with Crippen LogP contribution in [0.4, 0.5) is 18.9 Å². The zero-order valence-corrected chi connectivity index (χ0v) is 11.5. The number of aliphatic hydroxyl groups excluding tert-OH is 1. The predicted octanol–water partition coefficient (Wildman–Crippen LogP) is 0.926. The number of carbonyl (C=O) groups excluding carboxylic acids is 1. The van der Waals surface area contributed by atoms with Crippen molar-refractivity contribution in [3.05, 3.63) is 24.3 Å². The monoisotopic (exact) mass is 327 g/mol. The molecular formula is C11H12F3NO5S. The predicted molar refractivity (Wildman–Crippen MR) is 66.2 cm³/mol. The van der Waals surface area contributed by atoms with Crippen LogP contribution in [0.1, 0.15) is 0 Å². The molecule has 1 atom stereocenters. The van der Waals surface area contributed by atoms with Crippen LogP contribution in [-0.2, 0) is 19.4 Å². The summed E-state index contributed by atoms with van der Waals surface area (Å²) in [5.74, 6) is -0.774. The summed E-state index contributed by atoms with van der Waals surface area (Å²) in [7, 11) is -4.31. The number of ether oxygens (including phenoxy) is 1. The molecule has 0 amide bonds. The topological polar surface area (TPSA) is 92.7 Å². The lowest BCUT2D eigenvalue weighted by Gasteiger charge is -2.15. The molecule has 0 spiro atoms. The van der Waals surface area contributed by atoms with E-state index in [-0.39, 0.29) is 5.69 Å². The van der Waals surface area contributed by atoms with Gasteiger partial charge in [0.25, 0.3) is 9.84 Å². The summed E-state index contributed by atoms with van der Waals surface area (Å²) in [6, 6.07) is 2.47. The lowest BCUT2D eigenvalue weighted by atomic mass is 10.2. The van der Waals surface area contributed by atoms with Crippen LogP contribution < -0.4 is 5.32 Å². The Morgan fingerprint density at radius 1 is 1.33 bits per heavy atom. The SMILES string of the molecule is COC(=O)C(CO)Nc1ccc(S(=O)(=O)C(F)(F)F)cc1. The van der Waals surface area contributed by atoms with Crippen LogP contribution in [-0.4, -0.2) is 44.8 Å². The Labute approximate surface area is 118 Å². The maximum Gasteiger partial charge on any atom is 0.501 e. The maximum atomic E-state index is 12.3. The van der Waals surface area contributed by atoms with Crippen molar-refractivity contribution in [3.63, 3.8) is 0 Å². The number of rotatable bonds is 5. The Kier molecular flexibility index (Phi) is 5.18. The van der Waals surface area contributed by atoms with E-state index in [4.69, 9.17) is 5.11 Å². The molecule has 1 aromatic carbocycles. The number of methoxy groups -OCH3 is 1. The van der Waals surface area contributed by atoms with Crippen molar-refractivity contribution >= 4 is 21.5 Å². The van der Waals surface area contributed by atoms with Gasteiger partial charge in [-0.15, -0.1) is 0 Å². The minimum Gasteiger partial charge on any atom is -0.467 e. The van der Waals surface area contributed by atoms with Crippen LogP contribution >= 0.6 is 0 Å². The second kappa shape index (κ2) is 6.31. The third kappa shape index (κ3) is 3.85. The van der Waals surface area contributed by atoms with Gasteiger partial charge < -0.3 is 15.2 Å². The lowest BCUT2D eigenvalue weighted by molar-refractivity contribution is -0.142. The van der Waals surface area contributed by atoms with Gasteiger partial charge in [0.2, 0.25) is 0 Å². The van der Waals surface area contributed by atoms with E-state index in [1.807, 2.05) is 0 Å². The van der Waals surface area contributed by atoms with Gasteiger partial charge in [-0.2, -0.15) is 13.2 Å². The highest BCUT2D eigenvalue weighted by Crippen LogP contribution is 2.30. The van der Waals surface area contributed by atoms with Crippen molar-refractivity contribution in [2.75, 3.05) is 19.0 Å². The summed E-state index contributed by atoms with van der Waals surface area (Å²) in [5, 5.41) is 11.5. The fourth-order valence-corrected chi connectivity index (χ4v) is 2.15. The van der Waals surface area contributed by atoms with E-state index in [1.165, 1.54) is 0 Å². The quantitative estimate of drug-likeness (QED) is 0.782. The molecule has 0 aliphatic heterocycles. The number of carbonyl (C=O) groups is 1. The van der Waals surface area contributed by atoms with Gasteiger partial charge >= 0.3 is 11.5 Å². The molecule has 1 aromatic rings. The van der Waals surface area contributed by atoms with Crippen molar-refractivity contribution in [2.45, 2.75) is 16.4 Å². The molecule has 118 valence electrons.